The van der Waals surface area contributed by atoms with E-state index in [0.717, 1.165) is 16.7 Å². The Balaban J connectivity index is 2.28. The number of aliphatic carboxylic acids is 2. The second kappa shape index (κ2) is 61.7. The molecule has 0 bridgehead atoms. The Hall–Kier alpha value is -11.8. The zero-order valence-corrected chi connectivity index (χ0v) is 82.7. The lowest BCUT2D eigenvalue weighted by Crippen LogP contribution is -2.62. The second-order valence-electron chi connectivity index (χ2n) is 35.6. The topological polar surface area (TPSA) is 849 Å². The van der Waals surface area contributed by atoms with E-state index in [-0.39, 0.29) is 76.9 Å². The number of primary amides is 2. The molecule has 2 aliphatic rings. The van der Waals surface area contributed by atoms with Crippen molar-refractivity contribution in [2.45, 2.75) is 307 Å². The van der Waals surface area contributed by atoms with Gasteiger partial charge in [0.15, 0.2) is 0 Å². The Morgan fingerprint density at radius 1 is 0.364 bits per heavy atom. The number of nitrogens with two attached hydrogens (primary N) is 4. The van der Waals surface area contributed by atoms with Gasteiger partial charge in [0.2, 0.25) is 124 Å². The third-order valence-electron chi connectivity index (χ3n) is 23.2. The first-order chi connectivity index (χ1) is 65.6. The van der Waals surface area contributed by atoms with Crippen molar-refractivity contribution in [3.63, 3.8) is 0 Å². The van der Waals surface area contributed by atoms with E-state index in [1.807, 2.05) is 0 Å². The number of carboxylic acid groups (broad SMARTS) is 2. The fourth-order valence-electron chi connectivity index (χ4n) is 14.4. The molecule has 32 N–H and O–H groups in total. The molecule has 0 unspecified atom stereocenters. The summed E-state index contributed by atoms with van der Waals surface area (Å²) in [6.45, 7) is 14.9. The molecule has 0 saturated carbocycles. The quantitative estimate of drug-likeness (QED) is 0.0199. The number of aliphatic hydroxyl groups excluding tert-OH is 5. The van der Waals surface area contributed by atoms with Gasteiger partial charge in [-0.3, -0.25) is 105 Å². The number of likely N-dealkylation sites (tertiary alicyclic amines) is 2. The number of unbranched alkanes of at least 4 members (excludes halogenated alkanes) is 1. The standard InChI is InChI=1S/C85H145N23O30S2/c1-14-40(9)63(104-76(128)53(34-112)99-74(126)51(32-110)98-72(124)49(30-59(89)115)95-81(133)61(38(5)6)102-75(127)52(33-111)96-68(120)45(87)29-58(88)114)84(136)108-27-18-21-56(108)79(131)92-46(20-16-17-25-86)69(121)90-42(11)66(118)100-54(35-139)77(129)101-55(36-140)78(130)103-62(39(7)8)83(135)107-26-19-22-57(107)80(132)106-65(44(13)113)82(134)93-47(23-24-60(116)117)70(122)94-48(28-37(3)4)71(123)97-50(31-109)73(125)91-43(12)67(119)105-64(85(137)138)41(10)15-2/h37-57,61-65,109-113,139-140H,14-36,86-87H2,1-13H3,(H2,88,114)(H2,89,115)(H,90,121)(H,91,125)(H,92,131)(H,93,134)(H,94,122)(H,95,133)(H,96,120)(H,97,123)(H,98,124)(H,99,126)(H,100,118)(H,101,129)(H,102,127)(H,103,130)(H,104,128)(H,105,119)(H,106,132)(H,116,117)(H,137,138)/t40-,41-,42-,43-,44+,45-,46-,47-,48-,49-,50-,51-,52-,53-,54-,55-,56-,57-,61-,62-,63-,64-,65-/m0/s1. The summed E-state index contributed by atoms with van der Waals surface area (Å²) in [5.74, 6) is -28.9. The number of aliphatic hydroxyl groups is 5. The summed E-state index contributed by atoms with van der Waals surface area (Å²) in [6.07, 6.45) is -3.36. The van der Waals surface area contributed by atoms with Crippen molar-refractivity contribution in [3.05, 3.63) is 0 Å². The van der Waals surface area contributed by atoms with Crippen molar-refractivity contribution in [1.29, 1.82) is 0 Å². The predicted octanol–water partition coefficient (Wildman–Crippen LogP) is -11.9. The van der Waals surface area contributed by atoms with Gasteiger partial charge in [-0.2, -0.15) is 25.3 Å². The van der Waals surface area contributed by atoms with Crippen molar-refractivity contribution >= 4 is 161 Å². The Morgan fingerprint density at radius 2 is 0.700 bits per heavy atom. The first-order valence-electron chi connectivity index (χ1n) is 46.2. The molecule has 0 aromatic rings. The maximum absolute atomic E-state index is 14.7. The number of rotatable bonds is 63. The molecule has 55 heteroatoms. The minimum Gasteiger partial charge on any atom is -0.481 e. The highest BCUT2D eigenvalue weighted by molar-refractivity contribution is 7.80. The molecule has 2 rings (SSSR count). The molecule has 53 nitrogen and oxygen atoms in total. The van der Waals surface area contributed by atoms with Crippen molar-refractivity contribution < 1.29 is 146 Å². The van der Waals surface area contributed by atoms with Gasteiger partial charge in [-0.15, -0.1) is 0 Å². The van der Waals surface area contributed by atoms with Crippen molar-refractivity contribution in [2.24, 2.45) is 52.5 Å². The third-order valence-corrected chi connectivity index (χ3v) is 23.9. The summed E-state index contributed by atoms with van der Waals surface area (Å²) < 4.78 is 0. The lowest BCUT2D eigenvalue weighted by Gasteiger charge is -2.33. The fraction of sp³-hybridized carbons (Fsp3) is 0.729. The average Bonchev–Trinajstić information content (AvgIpc) is 1.65. The Morgan fingerprint density at radius 3 is 1.13 bits per heavy atom. The number of thiol groups is 2. The summed E-state index contributed by atoms with van der Waals surface area (Å²) >= 11 is 8.51. The van der Waals surface area contributed by atoms with Gasteiger partial charge in [0, 0.05) is 31.0 Å². The first kappa shape index (κ1) is 124. The van der Waals surface area contributed by atoms with Crippen LogP contribution in [0.5, 0.6) is 0 Å². The summed E-state index contributed by atoms with van der Waals surface area (Å²) in [5.41, 5.74) is 21.9. The van der Waals surface area contributed by atoms with Crippen molar-refractivity contribution in [3.8, 4) is 0 Å². The molecule has 2 fully saturated rings. The van der Waals surface area contributed by atoms with Crippen LogP contribution in [0.15, 0.2) is 0 Å². The number of hydrogen-bond donors (Lipinski definition) is 30. The Bertz CT molecular complexity index is 4310. The lowest BCUT2D eigenvalue weighted by molar-refractivity contribution is -0.144. The van der Waals surface area contributed by atoms with Gasteiger partial charge in [0.25, 0.3) is 0 Å². The SMILES string of the molecule is CC[C@H](C)[C@H](NC(=O)[C@H](C)NC(=O)[C@H](CO)NC(=O)[C@H](CC(C)C)NC(=O)[C@H](CCC(=O)O)NC(=O)[C@@H](NC(=O)[C@@H]1CCCN1C(=O)[C@@H](NC(=O)[C@H](CS)NC(=O)[C@H](CS)NC(=O)[C@H](C)NC(=O)[C@H](CCCCN)NC(=O)[C@@H]1CCCN1C(=O)[C@@H](NC(=O)[C@H](CO)NC(=O)[C@H](CO)NC(=O)[C@H](CC(N)=O)NC(=O)[C@@H](NC(=O)[C@H](CO)NC(=O)[C@@H](N)CC(N)=O)C(C)C)[C@@H](C)CC)C(C)C)[C@@H](C)O)C(=O)O. The van der Waals surface area contributed by atoms with Gasteiger partial charge in [-0.25, -0.2) is 4.79 Å². The number of amides is 21. The van der Waals surface area contributed by atoms with Crippen LogP contribution in [0.25, 0.3) is 0 Å². The van der Waals surface area contributed by atoms with E-state index in [2.05, 4.69) is 116 Å². The Labute approximate surface area is 820 Å². The van der Waals surface area contributed by atoms with E-state index in [1.54, 1.807) is 55.4 Å². The minimum absolute atomic E-state index is 0.0286. The normalized spacial score (nSPS) is 18.0. The van der Waals surface area contributed by atoms with Crippen LogP contribution in [0.3, 0.4) is 0 Å². The molecule has 2 heterocycles. The minimum atomic E-state index is -2.00. The number of nitrogens with one attached hydrogen (secondary N) is 17. The van der Waals surface area contributed by atoms with E-state index in [0.29, 0.717) is 12.8 Å². The van der Waals surface area contributed by atoms with E-state index >= 15 is 0 Å². The van der Waals surface area contributed by atoms with Crippen LogP contribution in [0.4, 0.5) is 0 Å². The molecule has 0 spiro atoms. The number of carbonyl (C=O) groups excluding carboxylic acids is 21. The van der Waals surface area contributed by atoms with E-state index < -0.39 is 350 Å². The van der Waals surface area contributed by atoms with E-state index in [1.165, 1.54) is 27.7 Å². The van der Waals surface area contributed by atoms with Gasteiger partial charge in [-0.05, 0) is 115 Å². The van der Waals surface area contributed by atoms with Gasteiger partial charge < -0.3 is 159 Å². The maximum atomic E-state index is 14.7. The van der Waals surface area contributed by atoms with Crippen LogP contribution in [-0.4, -0.2) is 366 Å². The molecule has 0 radical (unpaired) electrons. The predicted molar refractivity (Wildman–Crippen MR) is 502 cm³/mol. The smallest absolute Gasteiger partial charge is 0.326 e. The molecule has 21 amide bonds. The molecule has 23 atom stereocenters. The number of carboxylic acids is 2. The van der Waals surface area contributed by atoms with Gasteiger partial charge in [0.1, 0.15) is 115 Å². The van der Waals surface area contributed by atoms with Crippen LogP contribution in [-0.2, 0) is 110 Å². The van der Waals surface area contributed by atoms with E-state index in [4.69, 9.17) is 22.9 Å². The number of carbonyl (C=O) groups is 23. The zero-order chi connectivity index (χ0) is 107. The summed E-state index contributed by atoms with van der Waals surface area (Å²) in [7, 11) is 0. The monoisotopic (exact) mass is 2030 g/mol. The molecular formula is C85H145N23O30S2. The van der Waals surface area contributed by atoms with Crippen LogP contribution in [0, 0.1) is 29.6 Å². The first-order valence-corrected chi connectivity index (χ1v) is 47.4. The van der Waals surface area contributed by atoms with Crippen LogP contribution < -0.4 is 113 Å². The van der Waals surface area contributed by atoms with E-state index in [9.17, 15) is 146 Å². The maximum Gasteiger partial charge on any atom is 0.326 e. The zero-order valence-electron chi connectivity index (χ0n) is 80.9. The second-order valence-corrected chi connectivity index (χ2v) is 36.3. The molecule has 140 heavy (non-hydrogen) atoms. The van der Waals surface area contributed by atoms with Gasteiger partial charge in [-0.1, -0.05) is 82.1 Å². The highest BCUT2D eigenvalue weighted by atomic mass is 32.1. The van der Waals surface area contributed by atoms with Crippen LogP contribution >= 0.6 is 25.3 Å². The summed E-state index contributed by atoms with van der Waals surface area (Å²) in [5, 5.41) is 111. The molecule has 0 aliphatic carbocycles. The highest BCUT2D eigenvalue weighted by Gasteiger charge is 2.46. The largest absolute Gasteiger partial charge is 0.481 e. The van der Waals surface area contributed by atoms with Crippen LogP contribution in [0.1, 0.15) is 180 Å². The Kier molecular flexibility index (Phi) is 54.8. The lowest BCUT2D eigenvalue weighted by atomic mass is 9.96. The fourth-order valence-corrected chi connectivity index (χ4v) is 15.0. The summed E-state index contributed by atoms with van der Waals surface area (Å²) in [6, 6.07) is -31.9. The molecule has 0 aromatic heterocycles. The molecule has 0 aromatic carbocycles. The average molecular weight is 2030 g/mol. The van der Waals surface area contributed by atoms with Crippen molar-refractivity contribution in [2.75, 3.05) is 57.6 Å². The molecule has 2 saturated heterocycles. The van der Waals surface area contributed by atoms with Crippen LogP contribution in [0.2, 0.25) is 0 Å². The van der Waals surface area contributed by atoms with Gasteiger partial charge >= 0.3 is 11.9 Å². The molecular weight excluding hydrogens is 1890 g/mol. The molecule has 2 aliphatic heterocycles. The van der Waals surface area contributed by atoms with Gasteiger partial charge in [0.05, 0.1) is 51.4 Å². The third kappa shape index (κ3) is 40.1. The number of nitrogens with zero attached hydrogens (tertiary/aromatic N) is 2. The highest BCUT2D eigenvalue weighted by Crippen LogP contribution is 2.25. The molecule has 792 valence electrons. The van der Waals surface area contributed by atoms with Crippen molar-refractivity contribution in [1.82, 2.24) is 100 Å². The number of hydrogen-bond acceptors (Lipinski definition) is 32. The summed E-state index contributed by atoms with van der Waals surface area (Å²) in [4.78, 5) is 313.